The molecule has 1 saturated heterocycles. The number of ether oxygens (including phenoxy) is 2. The van der Waals surface area contributed by atoms with Crippen molar-refractivity contribution in [1.29, 1.82) is 0 Å². The second-order valence-corrected chi connectivity index (χ2v) is 9.17. The standard InChI is InChI=1S/C24H33N3O9/c1-24(2,3)35-22(32)25-14-8-7-11-17(26-23(33)34-15-16-9-5-4-6-10-16)20(30)21(31)36-27-18(28)12-13-19(27)29/h4-6,9-10,17,20,30H,7-8,11-15H2,1-3H3,(H,25,32)(H,26,33). The van der Waals surface area contributed by atoms with E-state index in [-0.39, 0.29) is 32.4 Å². The minimum Gasteiger partial charge on any atom is -0.445 e. The highest BCUT2D eigenvalue weighted by Crippen LogP contribution is 2.15. The van der Waals surface area contributed by atoms with Gasteiger partial charge in [-0.15, -0.1) is 5.06 Å². The van der Waals surface area contributed by atoms with E-state index in [1.165, 1.54) is 0 Å². The fourth-order valence-electron chi connectivity index (χ4n) is 3.19. The van der Waals surface area contributed by atoms with Crippen LogP contribution in [0.2, 0.25) is 0 Å². The summed E-state index contributed by atoms with van der Waals surface area (Å²) in [5.74, 6) is -2.65. The molecule has 1 aromatic rings. The highest BCUT2D eigenvalue weighted by atomic mass is 16.7. The van der Waals surface area contributed by atoms with E-state index >= 15 is 0 Å². The molecule has 2 atom stereocenters. The first-order valence-corrected chi connectivity index (χ1v) is 11.7. The number of rotatable bonds is 11. The zero-order valence-electron chi connectivity index (χ0n) is 20.7. The third kappa shape index (κ3) is 9.90. The van der Waals surface area contributed by atoms with Gasteiger partial charge in [0.05, 0.1) is 6.04 Å². The molecule has 36 heavy (non-hydrogen) atoms. The Balaban J connectivity index is 1.91. The van der Waals surface area contributed by atoms with Crippen molar-refractivity contribution in [3.8, 4) is 0 Å². The van der Waals surface area contributed by atoms with Crippen LogP contribution in [0.4, 0.5) is 9.59 Å². The molecule has 1 aliphatic heterocycles. The van der Waals surface area contributed by atoms with Crippen molar-refractivity contribution in [3.05, 3.63) is 35.9 Å². The molecular weight excluding hydrogens is 474 g/mol. The summed E-state index contributed by atoms with van der Waals surface area (Å²) in [6.45, 7) is 5.45. The Morgan fingerprint density at radius 3 is 2.28 bits per heavy atom. The SMILES string of the molecule is CC(C)(C)OC(=O)NCCCCC(NC(=O)OCc1ccccc1)C(O)C(=O)ON1C(=O)CCC1=O. The second-order valence-electron chi connectivity index (χ2n) is 9.17. The first kappa shape index (κ1) is 28.6. The van der Waals surface area contributed by atoms with E-state index in [0.29, 0.717) is 17.9 Å². The van der Waals surface area contributed by atoms with Crippen LogP contribution in [0.3, 0.4) is 0 Å². The Bertz CT molecular complexity index is 915. The number of amides is 4. The van der Waals surface area contributed by atoms with E-state index in [1.54, 1.807) is 45.0 Å². The van der Waals surface area contributed by atoms with Gasteiger partial charge in [0.1, 0.15) is 12.2 Å². The molecule has 2 rings (SSSR count). The summed E-state index contributed by atoms with van der Waals surface area (Å²) >= 11 is 0. The molecule has 1 fully saturated rings. The zero-order chi connectivity index (χ0) is 26.7. The number of hydrogen-bond acceptors (Lipinski definition) is 9. The van der Waals surface area contributed by atoms with Crippen molar-refractivity contribution in [2.45, 2.75) is 77.2 Å². The van der Waals surface area contributed by atoms with Gasteiger partial charge in [-0.3, -0.25) is 9.59 Å². The Labute approximate surface area is 209 Å². The fourth-order valence-corrected chi connectivity index (χ4v) is 3.19. The predicted molar refractivity (Wildman–Crippen MR) is 125 cm³/mol. The van der Waals surface area contributed by atoms with Gasteiger partial charge in [0, 0.05) is 19.4 Å². The molecule has 1 heterocycles. The Morgan fingerprint density at radius 2 is 1.67 bits per heavy atom. The molecule has 0 aromatic heterocycles. The summed E-state index contributed by atoms with van der Waals surface area (Å²) in [6, 6.07) is 7.76. The van der Waals surface area contributed by atoms with E-state index in [1.807, 2.05) is 6.07 Å². The summed E-state index contributed by atoms with van der Waals surface area (Å²) in [4.78, 5) is 64.7. The minimum absolute atomic E-state index is 0.0312. The average Bonchev–Trinajstić information content (AvgIpc) is 3.12. The fraction of sp³-hybridized carbons (Fsp3) is 0.542. The van der Waals surface area contributed by atoms with Gasteiger partial charge >= 0.3 is 18.2 Å². The van der Waals surface area contributed by atoms with E-state index in [0.717, 1.165) is 5.56 Å². The molecule has 4 amide bonds. The number of hydroxylamine groups is 2. The Kier molecular flexibility index (Phi) is 10.7. The van der Waals surface area contributed by atoms with Crippen molar-refractivity contribution < 1.29 is 43.4 Å². The third-order valence-electron chi connectivity index (χ3n) is 4.94. The first-order valence-electron chi connectivity index (χ1n) is 11.7. The van der Waals surface area contributed by atoms with Crippen LogP contribution in [0.25, 0.3) is 0 Å². The van der Waals surface area contributed by atoms with Gasteiger partial charge in [0.2, 0.25) is 0 Å². The van der Waals surface area contributed by atoms with E-state index in [2.05, 4.69) is 10.6 Å². The lowest BCUT2D eigenvalue weighted by molar-refractivity contribution is -0.204. The summed E-state index contributed by atoms with van der Waals surface area (Å²) in [7, 11) is 0. The largest absolute Gasteiger partial charge is 0.445 e. The number of imide groups is 1. The Hall–Kier alpha value is -3.67. The third-order valence-corrected chi connectivity index (χ3v) is 4.94. The van der Waals surface area contributed by atoms with E-state index in [4.69, 9.17) is 14.3 Å². The maximum atomic E-state index is 12.4. The van der Waals surface area contributed by atoms with Crippen LogP contribution in [-0.4, -0.2) is 64.4 Å². The van der Waals surface area contributed by atoms with Gasteiger partial charge in [0.15, 0.2) is 6.10 Å². The maximum absolute atomic E-state index is 12.4. The van der Waals surface area contributed by atoms with Gasteiger partial charge in [0.25, 0.3) is 11.8 Å². The van der Waals surface area contributed by atoms with Crippen LogP contribution in [0.15, 0.2) is 30.3 Å². The van der Waals surface area contributed by atoms with Gasteiger partial charge in [-0.05, 0) is 45.6 Å². The molecule has 12 nitrogen and oxygen atoms in total. The van der Waals surface area contributed by atoms with Crippen LogP contribution < -0.4 is 10.6 Å². The number of nitrogens with one attached hydrogen (secondary N) is 2. The van der Waals surface area contributed by atoms with Gasteiger partial charge in [-0.1, -0.05) is 30.3 Å². The highest BCUT2D eigenvalue weighted by Gasteiger charge is 2.37. The number of unbranched alkanes of at least 4 members (excludes halogenated alkanes) is 1. The number of hydrogen-bond donors (Lipinski definition) is 3. The van der Waals surface area contributed by atoms with Crippen molar-refractivity contribution in [2.75, 3.05) is 6.54 Å². The summed E-state index contributed by atoms with van der Waals surface area (Å²) in [5.41, 5.74) is 0.102. The maximum Gasteiger partial charge on any atom is 0.407 e. The van der Waals surface area contributed by atoms with Gasteiger partial charge in [-0.2, -0.15) is 0 Å². The molecule has 3 N–H and O–H groups in total. The first-order chi connectivity index (χ1) is 17.0. The van der Waals surface area contributed by atoms with Crippen molar-refractivity contribution >= 4 is 30.0 Å². The number of aliphatic hydroxyl groups excluding tert-OH is 1. The highest BCUT2D eigenvalue weighted by molar-refractivity contribution is 6.01. The molecule has 1 aromatic carbocycles. The lowest BCUT2D eigenvalue weighted by Crippen LogP contribution is -2.49. The topological polar surface area (TPSA) is 161 Å². The molecular formula is C24H33N3O9. The minimum atomic E-state index is -1.88. The molecule has 1 aliphatic rings. The summed E-state index contributed by atoms with van der Waals surface area (Å²) in [5, 5.41) is 15.9. The van der Waals surface area contributed by atoms with Crippen molar-refractivity contribution in [3.63, 3.8) is 0 Å². The zero-order valence-corrected chi connectivity index (χ0v) is 20.7. The number of carbonyl (C=O) groups excluding carboxylic acids is 5. The molecule has 198 valence electrons. The van der Waals surface area contributed by atoms with Crippen molar-refractivity contribution in [1.82, 2.24) is 15.7 Å². The lowest BCUT2D eigenvalue weighted by atomic mass is 10.0. The summed E-state index contributed by atoms with van der Waals surface area (Å²) < 4.78 is 10.3. The number of carbonyl (C=O) groups is 5. The predicted octanol–water partition coefficient (Wildman–Crippen LogP) is 1.94. The van der Waals surface area contributed by atoms with Crippen LogP contribution in [-0.2, 0) is 35.3 Å². The van der Waals surface area contributed by atoms with Crippen LogP contribution >= 0.6 is 0 Å². The monoisotopic (exact) mass is 507 g/mol. The second kappa shape index (κ2) is 13.4. The van der Waals surface area contributed by atoms with Crippen LogP contribution in [0, 0.1) is 0 Å². The molecule has 12 heteroatoms. The molecule has 0 bridgehead atoms. The van der Waals surface area contributed by atoms with Crippen LogP contribution in [0.1, 0.15) is 58.4 Å². The number of nitrogens with zero attached hydrogens (tertiary/aromatic N) is 1. The van der Waals surface area contributed by atoms with Gasteiger partial charge in [-0.25, -0.2) is 14.4 Å². The quantitative estimate of drug-likeness (QED) is 0.300. The smallest absolute Gasteiger partial charge is 0.407 e. The van der Waals surface area contributed by atoms with Crippen LogP contribution in [0.5, 0.6) is 0 Å². The summed E-state index contributed by atoms with van der Waals surface area (Å²) in [6.07, 6.45) is -2.60. The molecule has 2 unspecified atom stereocenters. The number of benzene rings is 1. The molecule has 0 spiro atoms. The Morgan fingerprint density at radius 1 is 1.03 bits per heavy atom. The molecule has 0 aliphatic carbocycles. The lowest BCUT2D eigenvalue weighted by Gasteiger charge is -2.24. The van der Waals surface area contributed by atoms with E-state index < -0.39 is 47.7 Å². The normalized spacial score (nSPS) is 15.2. The number of alkyl carbamates (subject to hydrolysis) is 2. The molecule has 0 saturated carbocycles. The van der Waals surface area contributed by atoms with E-state index in [9.17, 15) is 29.1 Å². The average molecular weight is 508 g/mol. The van der Waals surface area contributed by atoms with Gasteiger partial charge < -0.3 is 30.1 Å². The number of aliphatic hydroxyl groups is 1. The molecule has 0 radical (unpaired) electrons. The van der Waals surface area contributed by atoms with Crippen molar-refractivity contribution in [2.24, 2.45) is 0 Å².